The van der Waals surface area contributed by atoms with Gasteiger partial charge < -0.3 is 9.47 Å². The van der Waals surface area contributed by atoms with Gasteiger partial charge in [-0.3, -0.25) is 9.00 Å². The van der Waals surface area contributed by atoms with Crippen molar-refractivity contribution in [1.29, 1.82) is 0 Å². The lowest BCUT2D eigenvalue weighted by Crippen LogP contribution is -2.57. The molecule has 0 saturated carbocycles. The molecule has 1 aliphatic rings. The summed E-state index contributed by atoms with van der Waals surface area (Å²) in [5, 5.41) is 0. The van der Waals surface area contributed by atoms with Gasteiger partial charge in [0.15, 0.2) is 4.75 Å². The first kappa shape index (κ1) is 18.4. The van der Waals surface area contributed by atoms with Crippen LogP contribution in [0.2, 0.25) is 0 Å². The van der Waals surface area contributed by atoms with Crippen molar-refractivity contribution in [3.05, 3.63) is 11.1 Å². The summed E-state index contributed by atoms with van der Waals surface area (Å²) in [5.41, 5.74) is 1.79. The Morgan fingerprint density at radius 2 is 1.90 bits per heavy atom. The molecule has 0 bridgehead atoms. The van der Waals surface area contributed by atoms with Crippen molar-refractivity contribution in [2.75, 3.05) is 12.4 Å². The van der Waals surface area contributed by atoms with Gasteiger partial charge in [-0.05, 0) is 54.9 Å². The van der Waals surface area contributed by atoms with Crippen molar-refractivity contribution in [3.63, 3.8) is 0 Å². The number of esters is 1. The Hall–Kier alpha value is -0.680. The van der Waals surface area contributed by atoms with Gasteiger partial charge in [0.1, 0.15) is 0 Å². The standard InChI is InChI=1S/C16H28O4S/c1-8-19-14(17)16(13(4)20-15(5,6)7)9-11(2)12(3)10-21(16)18/h13H,8-10H2,1-7H3/t13?,16-,21?/m1/s1. The van der Waals surface area contributed by atoms with Crippen LogP contribution < -0.4 is 0 Å². The fraction of sp³-hybridized carbons (Fsp3) is 0.812. The van der Waals surface area contributed by atoms with E-state index in [1.54, 1.807) is 6.92 Å². The topological polar surface area (TPSA) is 52.6 Å². The lowest BCUT2D eigenvalue weighted by molar-refractivity contribution is -0.154. The highest BCUT2D eigenvalue weighted by Gasteiger charge is 2.54. The summed E-state index contributed by atoms with van der Waals surface area (Å²) in [4.78, 5) is 12.6. The third-order valence-electron chi connectivity index (χ3n) is 3.82. The minimum absolute atomic E-state index is 0.280. The van der Waals surface area contributed by atoms with Crippen molar-refractivity contribution >= 4 is 16.8 Å². The van der Waals surface area contributed by atoms with Crippen LogP contribution in [-0.4, -0.2) is 39.0 Å². The van der Waals surface area contributed by atoms with Crippen LogP contribution in [0, 0.1) is 0 Å². The molecule has 0 radical (unpaired) electrons. The van der Waals surface area contributed by atoms with Gasteiger partial charge in [-0.1, -0.05) is 11.1 Å². The van der Waals surface area contributed by atoms with Crippen molar-refractivity contribution in [1.82, 2.24) is 0 Å². The van der Waals surface area contributed by atoms with Crippen LogP contribution in [0.5, 0.6) is 0 Å². The summed E-state index contributed by atoms with van der Waals surface area (Å²) in [5.74, 6) is -0.00500. The molecule has 122 valence electrons. The molecule has 2 unspecified atom stereocenters. The predicted molar refractivity (Wildman–Crippen MR) is 85.7 cm³/mol. The van der Waals surface area contributed by atoms with Crippen LogP contribution in [0.4, 0.5) is 0 Å². The second-order valence-electron chi connectivity index (χ2n) is 6.71. The molecule has 0 amide bonds. The van der Waals surface area contributed by atoms with Crippen LogP contribution in [0.3, 0.4) is 0 Å². The lowest BCUT2D eigenvalue weighted by Gasteiger charge is -2.41. The number of carbonyl (C=O) groups excluding carboxylic acids is 1. The Bertz CT molecular complexity index is 461. The van der Waals surface area contributed by atoms with E-state index < -0.39 is 33.2 Å². The van der Waals surface area contributed by atoms with Gasteiger partial charge in [0.25, 0.3) is 0 Å². The van der Waals surface area contributed by atoms with E-state index in [9.17, 15) is 9.00 Å². The van der Waals surface area contributed by atoms with Crippen molar-refractivity contribution in [3.8, 4) is 0 Å². The molecule has 0 aromatic rings. The van der Waals surface area contributed by atoms with Gasteiger partial charge >= 0.3 is 5.97 Å². The molecule has 21 heavy (non-hydrogen) atoms. The van der Waals surface area contributed by atoms with Gasteiger partial charge in [0, 0.05) is 16.6 Å². The Morgan fingerprint density at radius 1 is 1.33 bits per heavy atom. The van der Waals surface area contributed by atoms with Gasteiger partial charge in [-0.25, -0.2) is 0 Å². The number of carbonyl (C=O) groups is 1. The first-order valence-electron chi connectivity index (χ1n) is 7.43. The van der Waals surface area contributed by atoms with Crippen LogP contribution in [0.25, 0.3) is 0 Å². The van der Waals surface area contributed by atoms with E-state index in [0.717, 1.165) is 11.1 Å². The van der Waals surface area contributed by atoms with Gasteiger partial charge in [0.2, 0.25) is 0 Å². The monoisotopic (exact) mass is 316 g/mol. The van der Waals surface area contributed by atoms with Crippen molar-refractivity contribution < 1.29 is 18.5 Å². The number of hydrogen-bond acceptors (Lipinski definition) is 4. The first-order chi connectivity index (χ1) is 9.54. The summed E-state index contributed by atoms with van der Waals surface area (Å²) >= 11 is 0. The predicted octanol–water partition coefficient (Wildman–Crippen LogP) is 2.98. The van der Waals surface area contributed by atoms with Gasteiger partial charge in [0.05, 0.1) is 18.3 Å². The highest BCUT2D eigenvalue weighted by atomic mass is 32.2. The molecule has 0 spiro atoms. The number of hydrogen-bond donors (Lipinski definition) is 0. The highest BCUT2D eigenvalue weighted by molar-refractivity contribution is 7.87. The minimum Gasteiger partial charge on any atom is -0.465 e. The SMILES string of the molecule is CCOC(=O)[C@]1(C(C)OC(C)(C)C)CC(C)=C(C)CS1=O. The molecule has 0 aromatic carbocycles. The average molecular weight is 316 g/mol. The zero-order valence-corrected chi connectivity index (χ0v) is 15.1. The molecule has 1 rings (SSSR count). The zero-order valence-electron chi connectivity index (χ0n) is 14.2. The maximum atomic E-state index is 12.8. The Kier molecular flexibility index (Phi) is 5.78. The first-order valence-corrected chi connectivity index (χ1v) is 8.75. The van der Waals surface area contributed by atoms with Gasteiger partial charge in [-0.2, -0.15) is 0 Å². The number of allylic oxidation sites excluding steroid dienone is 1. The van der Waals surface area contributed by atoms with E-state index in [-0.39, 0.29) is 6.61 Å². The molecule has 1 heterocycles. The number of ether oxygens (including phenoxy) is 2. The molecule has 0 saturated heterocycles. The van der Waals surface area contributed by atoms with Crippen LogP contribution in [0.1, 0.15) is 54.9 Å². The zero-order chi connectivity index (χ0) is 16.4. The van der Waals surface area contributed by atoms with E-state index in [2.05, 4.69) is 0 Å². The Labute approximate surface area is 130 Å². The third kappa shape index (κ3) is 3.95. The molecular weight excluding hydrogens is 288 g/mol. The molecule has 3 atom stereocenters. The second-order valence-corrected chi connectivity index (χ2v) is 8.42. The molecule has 0 aromatic heterocycles. The molecule has 0 N–H and O–H groups in total. The molecule has 1 aliphatic heterocycles. The van der Waals surface area contributed by atoms with Crippen molar-refractivity contribution in [2.24, 2.45) is 0 Å². The third-order valence-corrected chi connectivity index (χ3v) is 5.97. The average Bonchev–Trinajstić information content (AvgIpc) is 2.31. The quantitative estimate of drug-likeness (QED) is 0.591. The summed E-state index contributed by atoms with van der Waals surface area (Å²) in [7, 11) is -1.34. The van der Waals surface area contributed by atoms with E-state index in [1.807, 2.05) is 41.5 Å². The van der Waals surface area contributed by atoms with E-state index >= 15 is 0 Å². The lowest BCUT2D eigenvalue weighted by atomic mass is 9.91. The van der Waals surface area contributed by atoms with Gasteiger partial charge in [-0.15, -0.1) is 0 Å². The number of rotatable bonds is 4. The van der Waals surface area contributed by atoms with E-state index in [4.69, 9.17) is 9.47 Å². The van der Waals surface area contributed by atoms with E-state index in [0.29, 0.717) is 12.2 Å². The molecule has 4 nitrogen and oxygen atoms in total. The summed E-state index contributed by atoms with van der Waals surface area (Å²) in [6, 6.07) is 0. The minimum atomic E-state index is -1.34. The maximum Gasteiger partial charge on any atom is 0.327 e. The fourth-order valence-electron chi connectivity index (χ4n) is 2.61. The normalized spacial score (nSPS) is 28.4. The Balaban J connectivity index is 3.25. The molecule has 0 aliphatic carbocycles. The second kappa shape index (κ2) is 6.61. The highest BCUT2D eigenvalue weighted by Crippen LogP contribution is 2.38. The smallest absolute Gasteiger partial charge is 0.327 e. The largest absolute Gasteiger partial charge is 0.465 e. The fourth-order valence-corrected chi connectivity index (χ4v) is 4.55. The summed E-state index contributed by atoms with van der Waals surface area (Å²) < 4.78 is 22.9. The molecule has 0 fully saturated rings. The molecule has 5 heteroatoms. The van der Waals surface area contributed by atoms with Crippen LogP contribution in [-0.2, 0) is 25.1 Å². The summed E-state index contributed by atoms with van der Waals surface area (Å²) in [6.07, 6.45) is -0.0398. The van der Waals surface area contributed by atoms with Crippen molar-refractivity contribution in [2.45, 2.75) is 71.3 Å². The summed E-state index contributed by atoms with van der Waals surface area (Å²) in [6.45, 7) is 13.6. The van der Waals surface area contributed by atoms with E-state index in [1.165, 1.54) is 0 Å². The maximum absolute atomic E-state index is 12.8. The van der Waals surface area contributed by atoms with Crippen LogP contribution >= 0.6 is 0 Å². The van der Waals surface area contributed by atoms with Crippen LogP contribution in [0.15, 0.2) is 11.1 Å². The molecular formula is C16H28O4S. The Morgan fingerprint density at radius 3 is 2.38 bits per heavy atom.